The minimum atomic E-state index is -0.437. The fraction of sp³-hybridized carbons (Fsp3) is 0.160. The van der Waals surface area contributed by atoms with Gasteiger partial charge in [0.05, 0.1) is 39.1 Å². The van der Waals surface area contributed by atoms with Gasteiger partial charge in [0.2, 0.25) is 0 Å². The number of imide groups is 1. The quantitative estimate of drug-likeness (QED) is 0.531. The maximum atomic E-state index is 13.5. The summed E-state index contributed by atoms with van der Waals surface area (Å²) in [7, 11) is 4.59. The Bertz CT molecular complexity index is 1220. The van der Waals surface area contributed by atoms with Gasteiger partial charge < -0.3 is 19.5 Å². The Morgan fingerprint density at radius 3 is 2.21 bits per heavy atom. The van der Waals surface area contributed by atoms with Crippen LogP contribution in [0.4, 0.5) is 5.69 Å². The molecule has 0 saturated carbocycles. The number of ether oxygens (including phenoxy) is 3. The van der Waals surface area contributed by atoms with Gasteiger partial charge in [-0.05, 0) is 47.5 Å². The van der Waals surface area contributed by atoms with E-state index in [4.69, 9.17) is 14.2 Å². The highest BCUT2D eigenvalue weighted by Gasteiger charge is 2.39. The molecular weight excluding hydrogens is 422 g/mol. The monoisotopic (exact) mass is 445 g/mol. The van der Waals surface area contributed by atoms with Crippen LogP contribution in [0, 0.1) is 0 Å². The average molecular weight is 445 g/mol. The number of aromatic nitrogens is 1. The molecule has 4 rings (SSSR count). The van der Waals surface area contributed by atoms with Crippen molar-refractivity contribution < 1.29 is 23.8 Å². The van der Waals surface area contributed by atoms with E-state index in [1.807, 2.05) is 12.1 Å². The van der Waals surface area contributed by atoms with Crippen molar-refractivity contribution in [3.8, 4) is 17.2 Å². The lowest BCUT2D eigenvalue weighted by molar-refractivity contribution is -0.137. The summed E-state index contributed by atoms with van der Waals surface area (Å²) in [5, 5.41) is 3.13. The van der Waals surface area contributed by atoms with E-state index in [9.17, 15) is 9.59 Å². The van der Waals surface area contributed by atoms with Gasteiger partial charge in [-0.1, -0.05) is 18.2 Å². The molecule has 0 fully saturated rings. The zero-order chi connectivity index (χ0) is 23.4. The largest absolute Gasteiger partial charge is 0.495 e. The van der Waals surface area contributed by atoms with Crippen LogP contribution < -0.4 is 19.5 Å². The van der Waals surface area contributed by atoms with E-state index in [-0.39, 0.29) is 17.8 Å². The molecule has 168 valence electrons. The molecule has 0 unspecified atom stereocenters. The predicted molar refractivity (Wildman–Crippen MR) is 123 cm³/mol. The Hall–Kier alpha value is -4.33. The predicted octanol–water partition coefficient (Wildman–Crippen LogP) is 3.50. The second-order valence-corrected chi connectivity index (χ2v) is 7.20. The van der Waals surface area contributed by atoms with Crippen LogP contribution in [0.15, 0.2) is 72.7 Å². The van der Waals surface area contributed by atoms with Crippen molar-refractivity contribution in [2.45, 2.75) is 6.54 Å². The third-order valence-corrected chi connectivity index (χ3v) is 5.30. The van der Waals surface area contributed by atoms with Crippen molar-refractivity contribution in [2.75, 3.05) is 26.6 Å². The molecule has 0 aliphatic carbocycles. The molecular formula is C25H23N3O5. The Morgan fingerprint density at radius 1 is 0.818 bits per heavy atom. The second kappa shape index (κ2) is 9.44. The number of hydrogen-bond acceptors (Lipinski definition) is 7. The number of para-hydroxylation sites is 2. The lowest BCUT2D eigenvalue weighted by atomic mass is 10.0. The molecule has 1 aliphatic heterocycles. The number of rotatable bonds is 8. The summed E-state index contributed by atoms with van der Waals surface area (Å²) in [6, 6.07) is 15.8. The van der Waals surface area contributed by atoms with E-state index >= 15 is 0 Å². The number of benzene rings is 2. The molecule has 8 nitrogen and oxygen atoms in total. The van der Waals surface area contributed by atoms with Crippen LogP contribution in [0.5, 0.6) is 17.2 Å². The molecule has 0 atom stereocenters. The van der Waals surface area contributed by atoms with Crippen molar-refractivity contribution >= 4 is 23.1 Å². The Balaban J connectivity index is 1.81. The van der Waals surface area contributed by atoms with Gasteiger partial charge in [-0.2, -0.15) is 0 Å². The molecule has 33 heavy (non-hydrogen) atoms. The zero-order valence-corrected chi connectivity index (χ0v) is 18.5. The molecule has 0 radical (unpaired) electrons. The standard InChI is InChI=1S/C25H23N3O5/c1-31-19-7-5-4-6-18(19)27-23-22(17-8-9-20(32-2)21(14-17)33-3)24(29)28(25(23)30)15-16-10-12-26-13-11-16/h4-14,27H,15H2,1-3H3. The summed E-state index contributed by atoms with van der Waals surface area (Å²) in [5.41, 5.74) is 2.28. The maximum Gasteiger partial charge on any atom is 0.278 e. The summed E-state index contributed by atoms with van der Waals surface area (Å²) in [4.78, 5) is 32.2. The first-order valence-electron chi connectivity index (χ1n) is 10.2. The topological polar surface area (TPSA) is 90.0 Å². The van der Waals surface area contributed by atoms with E-state index in [0.29, 0.717) is 28.5 Å². The third-order valence-electron chi connectivity index (χ3n) is 5.30. The number of methoxy groups -OCH3 is 3. The van der Waals surface area contributed by atoms with Crippen LogP contribution >= 0.6 is 0 Å². The highest BCUT2D eigenvalue weighted by Crippen LogP contribution is 2.37. The molecule has 8 heteroatoms. The summed E-state index contributed by atoms with van der Waals surface area (Å²) < 4.78 is 16.1. The molecule has 0 spiro atoms. The Kier molecular flexibility index (Phi) is 6.26. The van der Waals surface area contributed by atoms with E-state index in [1.165, 1.54) is 19.1 Å². The number of pyridine rings is 1. The molecule has 1 aromatic heterocycles. The zero-order valence-electron chi connectivity index (χ0n) is 18.5. The summed E-state index contributed by atoms with van der Waals surface area (Å²) in [6.07, 6.45) is 3.24. The fourth-order valence-corrected chi connectivity index (χ4v) is 3.65. The molecule has 2 aromatic carbocycles. The minimum Gasteiger partial charge on any atom is -0.495 e. The third kappa shape index (κ3) is 4.23. The first kappa shape index (κ1) is 21.9. The lowest BCUT2D eigenvalue weighted by Crippen LogP contribution is -2.32. The van der Waals surface area contributed by atoms with E-state index in [1.54, 1.807) is 62.0 Å². The molecule has 1 N–H and O–H groups in total. The van der Waals surface area contributed by atoms with Gasteiger partial charge in [0.1, 0.15) is 11.4 Å². The lowest BCUT2D eigenvalue weighted by Gasteiger charge is -2.16. The van der Waals surface area contributed by atoms with Crippen LogP contribution in [-0.2, 0) is 16.1 Å². The van der Waals surface area contributed by atoms with Crippen LogP contribution in [0.2, 0.25) is 0 Å². The molecule has 0 bridgehead atoms. The normalized spacial score (nSPS) is 13.4. The van der Waals surface area contributed by atoms with Crippen molar-refractivity contribution in [3.63, 3.8) is 0 Å². The number of carbonyl (C=O) groups is 2. The van der Waals surface area contributed by atoms with Gasteiger partial charge >= 0.3 is 0 Å². The number of nitrogens with zero attached hydrogens (tertiary/aromatic N) is 2. The highest BCUT2D eigenvalue weighted by molar-refractivity contribution is 6.36. The maximum absolute atomic E-state index is 13.5. The van der Waals surface area contributed by atoms with Gasteiger partial charge in [0.15, 0.2) is 11.5 Å². The summed E-state index contributed by atoms with van der Waals surface area (Å²) in [6.45, 7) is 0.119. The first-order valence-corrected chi connectivity index (χ1v) is 10.2. The van der Waals surface area contributed by atoms with Gasteiger partial charge in [0.25, 0.3) is 11.8 Å². The average Bonchev–Trinajstić information content (AvgIpc) is 3.08. The fourth-order valence-electron chi connectivity index (χ4n) is 3.65. The molecule has 3 aromatic rings. The number of nitrogens with one attached hydrogen (secondary N) is 1. The number of carbonyl (C=O) groups excluding carboxylic acids is 2. The van der Waals surface area contributed by atoms with Crippen LogP contribution in [0.25, 0.3) is 5.57 Å². The van der Waals surface area contributed by atoms with Crippen molar-refractivity contribution in [2.24, 2.45) is 0 Å². The molecule has 1 aliphatic rings. The van der Waals surface area contributed by atoms with Gasteiger partial charge in [0, 0.05) is 12.4 Å². The summed E-state index contributed by atoms with van der Waals surface area (Å²) in [5.74, 6) is 0.664. The van der Waals surface area contributed by atoms with Crippen LogP contribution in [-0.4, -0.2) is 43.0 Å². The van der Waals surface area contributed by atoms with Gasteiger partial charge in [-0.3, -0.25) is 19.5 Å². The van der Waals surface area contributed by atoms with Crippen molar-refractivity contribution in [1.82, 2.24) is 9.88 Å². The Labute approximate surface area is 191 Å². The highest BCUT2D eigenvalue weighted by atomic mass is 16.5. The number of amides is 2. The minimum absolute atomic E-state index is 0.119. The second-order valence-electron chi connectivity index (χ2n) is 7.20. The number of hydrogen-bond donors (Lipinski definition) is 1. The van der Waals surface area contributed by atoms with E-state index in [0.717, 1.165) is 5.56 Å². The summed E-state index contributed by atoms with van der Waals surface area (Å²) >= 11 is 0. The first-order chi connectivity index (χ1) is 16.1. The number of anilines is 1. The van der Waals surface area contributed by atoms with Crippen molar-refractivity contribution in [1.29, 1.82) is 0 Å². The van der Waals surface area contributed by atoms with E-state index in [2.05, 4.69) is 10.3 Å². The van der Waals surface area contributed by atoms with Gasteiger partial charge in [-0.15, -0.1) is 0 Å². The SMILES string of the molecule is COc1ccccc1NC1=C(c2ccc(OC)c(OC)c2)C(=O)N(Cc2ccncc2)C1=O. The van der Waals surface area contributed by atoms with Gasteiger partial charge in [-0.25, -0.2) is 0 Å². The van der Waals surface area contributed by atoms with Crippen molar-refractivity contribution in [3.05, 3.63) is 83.8 Å². The molecule has 2 amide bonds. The smallest absolute Gasteiger partial charge is 0.278 e. The van der Waals surface area contributed by atoms with E-state index < -0.39 is 11.8 Å². The molecule has 0 saturated heterocycles. The van der Waals surface area contributed by atoms with Crippen LogP contribution in [0.1, 0.15) is 11.1 Å². The Morgan fingerprint density at radius 2 is 1.52 bits per heavy atom. The van der Waals surface area contributed by atoms with Crippen LogP contribution in [0.3, 0.4) is 0 Å². The molecule has 2 heterocycles.